The standard InChI is InChI=1S/C11H17FO8/c1-3-9(13)19-7-8(12)20-11(15)18-6-5-17-10(14)16-4-2/h8H,3-7H2,1-2H3. The first-order valence-electron chi connectivity index (χ1n) is 5.92. The Balaban J connectivity index is 3.62. The molecular formula is C11H17FO8. The summed E-state index contributed by atoms with van der Waals surface area (Å²) >= 11 is 0. The van der Waals surface area contributed by atoms with Gasteiger partial charge >= 0.3 is 18.3 Å². The van der Waals surface area contributed by atoms with E-state index in [1.807, 2.05) is 0 Å². The number of carbonyl (C=O) groups is 3. The Hall–Kier alpha value is -2.06. The molecule has 0 fully saturated rings. The van der Waals surface area contributed by atoms with Gasteiger partial charge in [0.05, 0.1) is 6.61 Å². The van der Waals surface area contributed by atoms with E-state index in [0.717, 1.165) is 0 Å². The molecular weight excluding hydrogens is 279 g/mol. The zero-order valence-electron chi connectivity index (χ0n) is 11.3. The molecule has 1 unspecified atom stereocenters. The van der Waals surface area contributed by atoms with Gasteiger partial charge in [0.1, 0.15) is 13.2 Å². The van der Waals surface area contributed by atoms with Crippen LogP contribution < -0.4 is 0 Å². The molecule has 0 rings (SSSR count). The number of alkyl halides is 1. The zero-order valence-corrected chi connectivity index (χ0v) is 11.3. The number of ether oxygens (including phenoxy) is 5. The molecule has 0 spiro atoms. The minimum atomic E-state index is -2.12. The van der Waals surface area contributed by atoms with Gasteiger partial charge in [0.15, 0.2) is 6.61 Å². The van der Waals surface area contributed by atoms with Gasteiger partial charge in [-0.1, -0.05) is 6.92 Å². The summed E-state index contributed by atoms with van der Waals surface area (Å²) in [4.78, 5) is 32.4. The molecule has 0 amide bonds. The van der Waals surface area contributed by atoms with E-state index in [4.69, 9.17) is 0 Å². The van der Waals surface area contributed by atoms with E-state index < -0.39 is 31.2 Å². The van der Waals surface area contributed by atoms with Crippen LogP contribution in [0.5, 0.6) is 0 Å². The van der Waals surface area contributed by atoms with E-state index in [-0.39, 0.29) is 26.2 Å². The third kappa shape index (κ3) is 9.92. The number of halogens is 1. The van der Waals surface area contributed by atoms with Crippen LogP contribution in [0, 0.1) is 0 Å². The van der Waals surface area contributed by atoms with E-state index in [1.165, 1.54) is 6.92 Å². The fourth-order valence-electron chi connectivity index (χ4n) is 0.842. The van der Waals surface area contributed by atoms with Crippen molar-refractivity contribution in [1.29, 1.82) is 0 Å². The van der Waals surface area contributed by atoms with Crippen LogP contribution in [0.1, 0.15) is 20.3 Å². The number of rotatable bonds is 8. The summed E-state index contributed by atoms with van der Waals surface area (Å²) in [6.07, 6.45) is -4.25. The topological polar surface area (TPSA) is 97.4 Å². The molecule has 0 aromatic rings. The van der Waals surface area contributed by atoms with Gasteiger partial charge in [-0.15, -0.1) is 0 Å². The van der Waals surface area contributed by atoms with E-state index in [0.29, 0.717) is 0 Å². The quantitative estimate of drug-likeness (QED) is 0.378. The molecule has 9 heteroatoms. The molecule has 0 aliphatic heterocycles. The molecule has 0 N–H and O–H groups in total. The van der Waals surface area contributed by atoms with Crippen molar-refractivity contribution in [2.45, 2.75) is 26.6 Å². The molecule has 0 aromatic heterocycles. The number of hydrogen-bond acceptors (Lipinski definition) is 8. The molecule has 0 saturated heterocycles. The lowest BCUT2D eigenvalue weighted by Crippen LogP contribution is -2.23. The fourth-order valence-corrected chi connectivity index (χ4v) is 0.842. The Morgan fingerprint density at radius 2 is 1.55 bits per heavy atom. The van der Waals surface area contributed by atoms with Crippen molar-refractivity contribution in [3.63, 3.8) is 0 Å². The predicted octanol–water partition coefficient (Wildman–Crippen LogP) is 1.56. The first kappa shape index (κ1) is 17.9. The molecule has 0 bridgehead atoms. The Kier molecular flexibility index (Phi) is 9.71. The summed E-state index contributed by atoms with van der Waals surface area (Å²) in [5, 5.41) is 0. The van der Waals surface area contributed by atoms with Crippen molar-refractivity contribution in [2.24, 2.45) is 0 Å². The van der Waals surface area contributed by atoms with Crippen molar-refractivity contribution in [3.05, 3.63) is 0 Å². The SMILES string of the molecule is CCOC(=O)OCCOC(=O)OC(F)COC(=O)CC. The molecule has 0 aliphatic carbocycles. The summed E-state index contributed by atoms with van der Waals surface area (Å²) in [5.41, 5.74) is 0. The molecule has 20 heavy (non-hydrogen) atoms. The summed E-state index contributed by atoms with van der Waals surface area (Å²) < 4.78 is 34.8. The maximum absolute atomic E-state index is 13.0. The second kappa shape index (κ2) is 10.8. The van der Waals surface area contributed by atoms with Crippen LogP contribution in [-0.2, 0) is 28.5 Å². The molecule has 1 atom stereocenters. The fraction of sp³-hybridized carbons (Fsp3) is 0.727. The summed E-state index contributed by atoms with van der Waals surface area (Å²) in [6.45, 7) is 2.01. The minimum Gasteiger partial charge on any atom is -0.459 e. The van der Waals surface area contributed by atoms with Gasteiger partial charge in [-0.25, -0.2) is 9.59 Å². The average molecular weight is 296 g/mol. The molecule has 0 saturated carbocycles. The van der Waals surface area contributed by atoms with Crippen LogP contribution in [0.15, 0.2) is 0 Å². The van der Waals surface area contributed by atoms with Gasteiger partial charge in [-0.2, -0.15) is 4.39 Å². The Bertz CT molecular complexity index is 320. The monoisotopic (exact) mass is 296 g/mol. The number of hydrogen-bond donors (Lipinski definition) is 0. The third-order valence-electron chi connectivity index (χ3n) is 1.67. The Labute approximate surface area is 115 Å². The molecule has 0 aliphatic rings. The van der Waals surface area contributed by atoms with Crippen LogP contribution in [-0.4, -0.2) is 51.1 Å². The van der Waals surface area contributed by atoms with Crippen LogP contribution in [0.25, 0.3) is 0 Å². The molecule has 0 aromatic carbocycles. The van der Waals surface area contributed by atoms with Crippen molar-refractivity contribution < 1.29 is 42.5 Å². The second-order valence-corrected chi connectivity index (χ2v) is 3.19. The summed E-state index contributed by atoms with van der Waals surface area (Å²) in [7, 11) is 0. The predicted molar refractivity (Wildman–Crippen MR) is 61.6 cm³/mol. The van der Waals surface area contributed by atoms with Crippen molar-refractivity contribution in [2.75, 3.05) is 26.4 Å². The number of carbonyl (C=O) groups excluding carboxylic acids is 3. The highest BCUT2D eigenvalue weighted by atomic mass is 19.1. The lowest BCUT2D eigenvalue weighted by Gasteiger charge is -2.10. The van der Waals surface area contributed by atoms with Crippen LogP contribution in [0.2, 0.25) is 0 Å². The normalized spacial score (nSPS) is 11.2. The van der Waals surface area contributed by atoms with Gasteiger partial charge in [0, 0.05) is 6.42 Å². The molecule has 116 valence electrons. The summed E-state index contributed by atoms with van der Waals surface area (Å²) in [6, 6.07) is 0. The van der Waals surface area contributed by atoms with E-state index in [1.54, 1.807) is 6.92 Å². The van der Waals surface area contributed by atoms with Crippen molar-refractivity contribution in [3.8, 4) is 0 Å². The highest BCUT2D eigenvalue weighted by molar-refractivity contribution is 5.68. The smallest absolute Gasteiger partial charge is 0.459 e. The van der Waals surface area contributed by atoms with Crippen LogP contribution in [0.3, 0.4) is 0 Å². The van der Waals surface area contributed by atoms with Crippen LogP contribution >= 0.6 is 0 Å². The highest BCUT2D eigenvalue weighted by Gasteiger charge is 2.16. The molecule has 0 radical (unpaired) electrons. The van der Waals surface area contributed by atoms with E-state index in [2.05, 4.69) is 23.7 Å². The van der Waals surface area contributed by atoms with Crippen LogP contribution in [0.4, 0.5) is 14.0 Å². The third-order valence-corrected chi connectivity index (χ3v) is 1.67. The van der Waals surface area contributed by atoms with Crippen molar-refractivity contribution in [1.82, 2.24) is 0 Å². The maximum atomic E-state index is 13.0. The van der Waals surface area contributed by atoms with Gasteiger partial charge < -0.3 is 23.7 Å². The van der Waals surface area contributed by atoms with Gasteiger partial charge in [-0.3, -0.25) is 4.79 Å². The summed E-state index contributed by atoms with van der Waals surface area (Å²) in [5.74, 6) is -0.618. The lowest BCUT2D eigenvalue weighted by atomic mass is 10.5. The largest absolute Gasteiger partial charge is 0.511 e. The number of esters is 1. The second-order valence-electron chi connectivity index (χ2n) is 3.19. The molecule has 8 nitrogen and oxygen atoms in total. The zero-order chi connectivity index (χ0) is 15.4. The first-order valence-corrected chi connectivity index (χ1v) is 5.92. The minimum absolute atomic E-state index is 0.0857. The van der Waals surface area contributed by atoms with Gasteiger partial charge in [0.2, 0.25) is 0 Å². The van der Waals surface area contributed by atoms with Gasteiger partial charge in [0.25, 0.3) is 6.36 Å². The lowest BCUT2D eigenvalue weighted by molar-refractivity contribution is -0.151. The van der Waals surface area contributed by atoms with E-state index in [9.17, 15) is 18.8 Å². The maximum Gasteiger partial charge on any atom is 0.511 e. The molecule has 0 heterocycles. The average Bonchev–Trinajstić information content (AvgIpc) is 2.41. The van der Waals surface area contributed by atoms with Gasteiger partial charge in [-0.05, 0) is 6.92 Å². The highest BCUT2D eigenvalue weighted by Crippen LogP contribution is 1.99. The van der Waals surface area contributed by atoms with Crippen molar-refractivity contribution >= 4 is 18.3 Å². The Morgan fingerprint density at radius 3 is 2.10 bits per heavy atom. The first-order chi connectivity index (χ1) is 9.49. The Morgan fingerprint density at radius 1 is 0.950 bits per heavy atom. The van der Waals surface area contributed by atoms with E-state index >= 15 is 0 Å².